The molecule has 0 aliphatic heterocycles. The smallest absolute Gasteiger partial charge is 0.244 e. The number of halogens is 1. The first kappa shape index (κ1) is 15.2. The van der Waals surface area contributed by atoms with E-state index in [2.05, 4.69) is 4.72 Å². The molecule has 0 amide bonds. The van der Waals surface area contributed by atoms with Crippen LogP contribution in [0.4, 0.5) is 5.69 Å². The first-order valence-corrected chi connectivity index (χ1v) is 7.12. The van der Waals surface area contributed by atoms with Crippen LogP contribution in [0.5, 0.6) is 0 Å². The van der Waals surface area contributed by atoms with Gasteiger partial charge in [0.15, 0.2) is 0 Å². The Morgan fingerprint density at radius 1 is 1.44 bits per heavy atom. The van der Waals surface area contributed by atoms with Crippen LogP contribution in [0.25, 0.3) is 0 Å². The summed E-state index contributed by atoms with van der Waals surface area (Å²) < 4.78 is 31.9. The highest BCUT2D eigenvalue weighted by Gasteiger charge is 2.29. The largest absolute Gasteiger partial charge is 0.398 e. The summed E-state index contributed by atoms with van der Waals surface area (Å²) in [7, 11) is -2.29. The van der Waals surface area contributed by atoms with E-state index in [1.807, 2.05) is 0 Å². The highest BCUT2D eigenvalue weighted by Crippen LogP contribution is 2.27. The second-order valence-electron chi connectivity index (χ2n) is 4.58. The van der Waals surface area contributed by atoms with Gasteiger partial charge in [-0.1, -0.05) is 17.7 Å². The minimum Gasteiger partial charge on any atom is -0.398 e. The van der Waals surface area contributed by atoms with Gasteiger partial charge in [0.1, 0.15) is 4.90 Å². The quantitative estimate of drug-likeness (QED) is 0.808. The molecule has 7 heteroatoms. The summed E-state index contributed by atoms with van der Waals surface area (Å²) in [6.45, 7) is 3.65. The third-order valence-corrected chi connectivity index (χ3v) is 4.42. The Kier molecular flexibility index (Phi) is 4.61. The number of methoxy groups -OCH3 is 1. The maximum absolute atomic E-state index is 12.2. The number of hydrogen-bond donors (Lipinski definition) is 2. The monoisotopic (exact) mass is 292 g/mol. The summed E-state index contributed by atoms with van der Waals surface area (Å²) in [5.74, 6) is 0. The summed E-state index contributed by atoms with van der Waals surface area (Å²) in [4.78, 5) is -0.101. The van der Waals surface area contributed by atoms with E-state index in [4.69, 9.17) is 22.1 Å². The standard InChI is InChI=1S/C11H17ClN2O3S/c1-11(2,7-17-3)14-18(15,16)10-8(12)5-4-6-9(10)13/h4-6,14H,7,13H2,1-3H3. The fourth-order valence-electron chi connectivity index (χ4n) is 1.61. The number of nitrogen functional groups attached to an aromatic ring is 1. The van der Waals surface area contributed by atoms with E-state index >= 15 is 0 Å². The fraction of sp³-hybridized carbons (Fsp3) is 0.455. The Labute approximate surface area is 112 Å². The molecule has 18 heavy (non-hydrogen) atoms. The molecule has 0 aliphatic rings. The number of ether oxygens (including phenoxy) is 1. The summed E-state index contributed by atoms with van der Waals surface area (Å²) in [6, 6.07) is 4.57. The summed E-state index contributed by atoms with van der Waals surface area (Å²) >= 11 is 5.89. The van der Waals surface area contributed by atoms with Crippen LogP contribution < -0.4 is 10.5 Å². The number of anilines is 1. The summed E-state index contributed by atoms with van der Waals surface area (Å²) in [5, 5.41) is 0.0933. The Balaban J connectivity index is 3.15. The zero-order valence-corrected chi connectivity index (χ0v) is 12.1. The lowest BCUT2D eigenvalue weighted by Crippen LogP contribution is -2.46. The molecule has 3 N–H and O–H groups in total. The van der Waals surface area contributed by atoms with Gasteiger partial charge in [-0.15, -0.1) is 0 Å². The molecular weight excluding hydrogens is 276 g/mol. The van der Waals surface area contributed by atoms with Crippen LogP contribution in [0.15, 0.2) is 23.1 Å². The van der Waals surface area contributed by atoms with Gasteiger partial charge in [-0.3, -0.25) is 0 Å². The van der Waals surface area contributed by atoms with Gasteiger partial charge in [0.05, 0.1) is 22.9 Å². The van der Waals surface area contributed by atoms with Gasteiger partial charge in [-0.05, 0) is 26.0 Å². The molecule has 0 atom stereocenters. The highest BCUT2D eigenvalue weighted by molar-refractivity contribution is 7.89. The number of nitrogens with one attached hydrogen (secondary N) is 1. The lowest BCUT2D eigenvalue weighted by molar-refractivity contribution is 0.141. The Morgan fingerprint density at radius 3 is 2.56 bits per heavy atom. The molecule has 102 valence electrons. The Morgan fingerprint density at radius 2 is 2.06 bits per heavy atom. The first-order valence-electron chi connectivity index (χ1n) is 5.26. The molecule has 0 fully saturated rings. The van der Waals surface area contributed by atoms with Crippen molar-refractivity contribution in [3.8, 4) is 0 Å². The predicted octanol–water partition coefficient (Wildman–Crippen LogP) is 1.63. The second kappa shape index (κ2) is 5.44. The SMILES string of the molecule is COCC(C)(C)NS(=O)(=O)c1c(N)cccc1Cl. The number of hydrogen-bond acceptors (Lipinski definition) is 4. The fourth-order valence-corrected chi connectivity index (χ4v) is 3.69. The third kappa shape index (κ3) is 3.58. The molecule has 5 nitrogen and oxygen atoms in total. The van der Waals surface area contributed by atoms with E-state index in [0.29, 0.717) is 0 Å². The number of benzene rings is 1. The molecule has 0 unspecified atom stereocenters. The molecule has 0 aromatic heterocycles. The van der Waals surface area contributed by atoms with E-state index in [1.54, 1.807) is 19.9 Å². The second-order valence-corrected chi connectivity index (χ2v) is 6.61. The minimum atomic E-state index is -3.79. The van der Waals surface area contributed by atoms with Crippen LogP contribution in [0.2, 0.25) is 5.02 Å². The van der Waals surface area contributed by atoms with Crippen molar-refractivity contribution in [3.63, 3.8) is 0 Å². The molecule has 1 rings (SSSR count). The first-order chi connectivity index (χ1) is 8.19. The van der Waals surface area contributed by atoms with Crippen molar-refractivity contribution in [3.05, 3.63) is 23.2 Å². The summed E-state index contributed by atoms with van der Waals surface area (Å²) in [5.41, 5.74) is 5.03. The Hall–Kier alpha value is -0.820. The highest BCUT2D eigenvalue weighted by atomic mass is 35.5. The lowest BCUT2D eigenvalue weighted by Gasteiger charge is -2.25. The van der Waals surface area contributed by atoms with Crippen molar-refractivity contribution in [2.45, 2.75) is 24.3 Å². The van der Waals surface area contributed by atoms with Gasteiger partial charge < -0.3 is 10.5 Å². The van der Waals surface area contributed by atoms with Crippen molar-refractivity contribution in [2.24, 2.45) is 0 Å². The van der Waals surface area contributed by atoms with Gasteiger partial charge in [-0.25, -0.2) is 13.1 Å². The number of nitrogens with two attached hydrogens (primary N) is 1. The van der Waals surface area contributed by atoms with Crippen molar-refractivity contribution < 1.29 is 13.2 Å². The van der Waals surface area contributed by atoms with Crippen LogP contribution in [0, 0.1) is 0 Å². The number of sulfonamides is 1. The van der Waals surface area contributed by atoms with E-state index in [0.717, 1.165) is 0 Å². The molecule has 1 aromatic carbocycles. The van der Waals surface area contributed by atoms with Crippen LogP contribution in [-0.2, 0) is 14.8 Å². The zero-order valence-electron chi connectivity index (χ0n) is 10.5. The molecule has 0 aliphatic carbocycles. The minimum absolute atomic E-state index is 0.0933. The lowest BCUT2D eigenvalue weighted by atomic mass is 10.1. The number of rotatable bonds is 5. The zero-order chi connectivity index (χ0) is 14.0. The van der Waals surface area contributed by atoms with Gasteiger partial charge in [-0.2, -0.15) is 0 Å². The molecule has 0 radical (unpaired) electrons. The van der Waals surface area contributed by atoms with E-state index in [-0.39, 0.29) is 22.2 Å². The molecule has 0 spiro atoms. The molecular formula is C11H17ClN2O3S. The average Bonchev–Trinajstić information content (AvgIpc) is 2.13. The third-order valence-electron chi connectivity index (χ3n) is 2.18. The summed E-state index contributed by atoms with van der Waals surface area (Å²) in [6.07, 6.45) is 0. The molecule has 0 bridgehead atoms. The van der Waals surface area contributed by atoms with Gasteiger partial charge in [0, 0.05) is 7.11 Å². The topological polar surface area (TPSA) is 81.4 Å². The Bertz CT molecular complexity index is 509. The van der Waals surface area contributed by atoms with Crippen LogP contribution in [0.1, 0.15) is 13.8 Å². The van der Waals surface area contributed by atoms with Gasteiger partial charge in [0.25, 0.3) is 0 Å². The van der Waals surface area contributed by atoms with E-state index < -0.39 is 15.6 Å². The van der Waals surface area contributed by atoms with Gasteiger partial charge in [0.2, 0.25) is 10.0 Å². The van der Waals surface area contributed by atoms with Crippen LogP contribution in [0.3, 0.4) is 0 Å². The maximum Gasteiger partial charge on any atom is 0.244 e. The maximum atomic E-state index is 12.2. The van der Waals surface area contributed by atoms with E-state index in [9.17, 15) is 8.42 Å². The van der Waals surface area contributed by atoms with Crippen molar-refractivity contribution in [1.82, 2.24) is 4.72 Å². The van der Waals surface area contributed by atoms with Gasteiger partial charge >= 0.3 is 0 Å². The van der Waals surface area contributed by atoms with Crippen molar-refractivity contribution in [2.75, 3.05) is 19.5 Å². The van der Waals surface area contributed by atoms with Crippen LogP contribution in [-0.4, -0.2) is 27.7 Å². The van der Waals surface area contributed by atoms with E-state index in [1.165, 1.54) is 19.2 Å². The van der Waals surface area contributed by atoms with Crippen molar-refractivity contribution >= 4 is 27.3 Å². The predicted molar refractivity (Wildman–Crippen MR) is 72.1 cm³/mol. The average molecular weight is 293 g/mol. The molecule has 0 heterocycles. The molecule has 0 saturated heterocycles. The molecule has 1 aromatic rings. The normalized spacial score (nSPS) is 12.7. The molecule has 0 saturated carbocycles. The van der Waals surface area contributed by atoms with Crippen LogP contribution >= 0.6 is 11.6 Å². The van der Waals surface area contributed by atoms with Crippen molar-refractivity contribution in [1.29, 1.82) is 0 Å².